The fraction of sp³-hybridized carbons (Fsp3) is 0.0909. The number of hydrogen-bond acceptors (Lipinski definition) is 5. The molecular weight excluding hydrogens is 254 g/mol. The van der Waals surface area contributed by atoms with Gasteiger partial charge in [-0.25, -0.2) is 4.98 Å². The van der Waals surface area contributed by atoms with Crippen LogP contribution in [0.4, 0.5) is 10.1 Å². The molecule has 7 heteroatoms. The number of aryl methyl sites for hydroxylation is 1. The summed E-state index contributed by atoms with van der Waals surface area (Å²) in [6, 6.07) is 7.10. The van der Waals surface area contributed by atoms with Crippen LogP contribution in [0.2, 0.25) is 0 Å². The molecule has 0 fully saturated rings. The average Bonchev–Trinajstić information content (AvgIpc) is 2.78. The van der Waals surface area contributed by atoms with E-state index < -0.39 is 4.92 Å². The van der Waals surface area contributed by atoms with Gasteiger partial charge in [-0.05, 0) is 29.9 Å². The number of nitro groups is 1. The lowest BCUT2D eigenvalue weighted by Gasteiger charge is -2.03. The van der Waals surface area contributed by atoms with E-state index in [1.165, 1.54) is 0 Å². The molecule has 1 aromatic carbocycles. The predicted octanol–water partition coefficient (Wildman–Crippen LogP) is 2.61. The Morgan fingerprint density at radius 1 is 1.44 bits per heavy atom. The van der Waals surface area contributed by atoms with Gasteiger partial charge in [0, 0.05) is 5.56 Å². The first-order valence-corrected chi connectivity index (χ1v) is 5.87. The summed E-state index contributed by atoms with van der Waals surface area (Å²) in [6.07, 6.45) is 1.12. The summed E-state index contributed by atoms with van der Waals surface area (Å²) in [7, 11) is 0. The summed E-state index contributed by atoms with van der Waals surface area (Å²) in [4.78, 5) is 25.6. The quantitative estimate of drug-likeness (QED) is 0.681. The van der Waals surface area contributed by atoms with Gasteiger partial charge in [0.25, 0.3) is 5.91 Å². The van der Waals surface area contributed by atoms with Gasteiger partial charge in [-0.2, -0.15) is 0 Å². The topological polar surface area (TPSA) is 85.1 Å². The third kappa shape index (κ3) is 2.51. The molecule has 0 aliphatic heterocycles. The van der Waals surface area contributed by atoms with Crippen molar-refractivity contribution in [2.45, 2.75) is 6.92 Å². The number of thiazole rings is 1. The van der Waals surface area contributed by atoms with Gasteiger partial charge in [0.2, 0.25) is 0 Å². The van der Waals surface area contributed by atoms with Crippen LogP contribution >= 0.6 is 11.3 Å². The smallest absolute Gasteiger partial charge is 0.298 e. The number of rotatable bonds is 3. The lowest BCUT2D eigenvalue weighted by atomic mass is 10.1. The van der Waals surface area contributed by atoms with Crippen molar-refractivity contribution < 1.29 is 9.72 Å². The first-order chi connectivity index (χ1) is 8.58. The maximum Gasteiger partial charge on any atom is 0.345 e. The van der Waals surface area contributed by atoms with Crippen molar-refractivity contribution in [2.24, 2.45) is 0 Å². The highest BCUT2D eigenvalue weighted by molar-refractivity contribution is 7.18. The molecule has 1 amide bonds. The Hall–Kier alpha value is -2.28. The Morgan fingerprint density at radius 2 is 2.17 bits per heavy atom. The van der Waals surface area contributed by atoms with Crippen LogP contribution < -0.4 is 5.32 Å². The van der Waals surface area contributed by atoms with Crippen molar-refractivity contribution in [3.8, 4) is 0 Å². The molecule has 0 saturated carbocycles. The third-order valence-electron chi connectivity index (χ3n) is 2.28. The van der Waals surface area contributed by atoms with Crippen LogP contribution in [-0.2, 0) is 0 Å². The second-order valence-corrected chi connectivity index (χ2v) is 4.54. The highest BCUT2D eigenvalue weighted by Crippen LogP contribution is 2.25. The molecule has 0 spiro atoms. The van der Waals surface area contributed by atoms with E-state index in [-0.39, 0.29) is 16.0 Å². The molecule has 1 N–H and O–H groups in total. The normalized spacial score (nSPS) is 10.1. The molecule has 18 heavy (non-hydrogen) atoms. The number of carbonyl (C=O) groups excluding carboxylic acids is 1. The lowest BCUT2D eigenvalue weighted by Crippen LogP contribution is -2.12. The van der Waals surface area contributed by atoms with Gasteiger partial charge < -0.3 is 0 Å². The van der Waals surface area contributed by atoms with Crippen molar-refractivity contribution in [2.75, 3.05) is 5.32 Å². The molecule has 1 heterocycles. The molecule has 0 aliphatic rings. The van der Waals surface area contributed by atoms with Crippen molar-refractivity contribution in [1.82, 2.24) is 4.98 Å². The number of carbonyl (C=O) groups is 1. The molecule has 0 radical (unpaired) electrons. The minimum absolute atomic E-state index is 0.102. The summed E-state index contributed by atoms with van der Waals surface area (Å²) in [5, 5.41) is 13.1. The monoisotopic (exact) mass is 263 g/mol. The number of benzene rings is 1. The van der Waals surface area contributed by atoms with Crippen molar-refractivity contribution in [1.29, 1.82) is 0 Å². The summed E-state index contributed by atoms with van der Waals surface area (Å²) >= 11 is 0.828. The van der Waals surface area contributed by atoms with Gasteiger partial charge in [-0.3, -0.25) is 20.2 Å². The lowest BCUT2D eigenvalue weighted by molar-refractivity contribution is -0.380. The van der Waals surface area contributed by atoms with Gasteiger partial charge in [-0.1, -0.05) is 18.2 Å². The van der Waals surface area contributed by atoms with E-state index >= 15 is 0 Å². The molecule has 2 rings (SSSR count). The molecule has 0 saturated heterocycles. The fourth-order valence-electron chi connectivity index (χ4n) is 1.40. The van der Waals surface area contributed by atoms with E-state index in [1.54, 1.807) is 12.1 Å². The highest BCUT2D eigenvalue weighted by atomic mass is 32.1. The number of nitrogens with zero attached hydrogens (tertiary/aromatic N) is 2. The molecule has 0 bridgehead atoms. The van der Waals surface area contributed by atoms with Crippen LogP contribution in [0.5, 0.6) is 0 Å². The summed E-state index contributed by atoms with van der Waals surface area (Å²) in [5.74, 6) is -0.322. The van der Waals surface area contributed by atoms with Crippen LogP contribution in [0, 0.1) is 17.0 Å². The van der Waals surface area contributed by atoms with E-state index in [0.29, 0.717) is 5.56 Å². The first-order valence-electron chi connectivity index (χ1n) is 5.05. The van der Waals surface area contributed by atoms with Gasteiger partial charge in [-0.15, -0.1) is 0 Å². The molecule has 2 aromatic rings. The van der Waals surface area contributed by atoms with E-state index in [2.05, 4.69) is 10.3 Å². The number of nitrogens with one attached hydrogen (secondary N) is 1. The van der Waals surface area contributed by atoms with Crippen LogP contribution in [0.25, 0.3) is 0 Å². The number of amides is 1. The SMILES string of the molecule is Cc1ccccc1C(=O)Nc1ncc([N+](=O)[O-])s1. The Kier molecular flexibility index (Phi) is 3.33. The Morgan fingerprint density at radius 3 is 2.78 bits per heavy atom. The highest BCUT2D eigenvalue weighted by Gasteiger charge is 2.15. The Bertz CT molecular complexity index is 609. The number of hydrogen-bond donors (Lipinski definition) is 1. The zero-order chi connectivity index (χ0) is 13.1. The van der Waals surface area contributed by atoms with Crippen molar-refractivity contribution >= 4 is 27.4 Å². The van der Waals surface area contributed by atoms with E-state index in [0.717, 1.165) is 23.1 Å². The van der Waals surface area contributed by atoms with Gasteiger partial charge in [0.15, 0.2) is 5.13 Å². The second kappa shape index (κ2) is 4.92. The Labute approximate surface area is 106 Å². The maximum absolute atomic E-state index is 11.9. The largest absolute Gasteiger partial charge is 0.345 e. The van der Waals surface area contributed by atoms with Crippen LogP contribution in [0.3, 0.4) is 0 Å². The molecular formula is C11H9N3O3S. The molecule has 0 unspecified atom stereocenters. The van der Waals surface area contributed by atoms with Crippen LogP contribution in [0.15, 0.2) is 30.5 Å². The zero-order valence-corrected chi connectivity index (χ0v) is 10.2. The van der Waals surface area contributed by atoms with Crippen molar-refractivity contribution in [3.63, 3.8) is 0 Å². The third-order valence-corrected chi connectivity index (χ3v) is 3.15. The maximum atomic E-state index is 11.9. The summed E-state index contributed by atoms with van der Waals surface area (Å²) in [6.45, 7) is 1.82. The summed E-state index contributed by atoms with van der Waals surface area (Å²) < 4.78 is 0. The van der Waals surface area contributed by atoms with Crippen molar-refractivity contribution in [3.05, 3.63) is 51.7 Å². The second-order valence-electron chi connectivity index (χ2n) is 3.53. The number of aromatic nitrogens is 1. The average molecular weight is 263 g/mol. The minimum atomic E-state index is -0.541. The van der Waals surface area contributed by atoms with Gasteiger partial charge in [0.05, 0.1) is 4.92 Å². The molecule has 1 aromatic heterocycles. The van der Waals surface area contributed by atoms with Gasteiger partial charge >= 0.3 is 5.00 Å². The van der Waals surface area contributed by atoms with E-state index in [1.807, 2.05) is 19.1 Å². The molecule has 0 aliphatic carbocycles. The molecule has 6 nitrogen and oxygen atoms in total. The predicted molar refractivity (Wildman–Crippen MR) is 67.9 cm³/mol. The van der Waals surface area contributed by atoms with E-state index in [4.69, 9.17) is 0 Å². The van der Waals surface area contributed by atoms with Crippen LogP contribution in [0.1, 0.15) is 15.9 Å². The summed E-state index contributed by atoms with van der Waals surface area (Å²) in [5.41, 5.74) is 1.36. The minimum Gasteiger partial charge on any atom is -0.298 e. The first kappa shape index (κ1) is 12.2. The standard InChI is InChI=1S/C11H9N3O3S/c1-7-4-2-3-5-8(7)10(15)13-11-12-6-9(18-11)14(16)17/h2-6H,1H3,(H,12,13,15). The molecule has 92 valence electrons. The molecule has 0 atom stereocenters. The Balaban J connectivity index is 2.16. The van der Waals surface area contributed by atoms with E-state index in [9.17, 15) is 14.9 Å². The number of anilines is 1. The zero-order valence-electron chi connectivity index (χ0n) is 9.41. The van der Waals surface area contributed by atoms with Crippen LogP contribution in [-0.4, -0.2) is 15.8 Å². The van der Waals surface area contributed by atoms with Gasteiger partial charge in [0.1, 0.15) is 6.20 Å². The fourth-order valence-corrected chi connectivity index (χ4v) is 2.03.